The molecule has 0 fully saturated rings. The summed E-state index contributed by atoms with van der Waals surface area (Å²) in [5, 5.41) is 21.2. The molecule has 10 heteroatoms. The number of fused-ring (bicyclic) bond motifs is 1. The normalized spacial score (nSPS) is 13.7. The van der Waals surface area contributed by atoms with Gasteiger partial charge >= 0.3 is 0 Å². The van der Waals surface area contributed by atoms with Crippen LogP contribution in [0, 0.1) is 11.3 Å². The minimum absolute atomic E-state index is 0.116. The number of hydrogen-bond donors (Lipinski definition) is 1. The van der Waals surface area contributed by atoms with Crippen LogP contribution in [0.1, 0.15) is 16.0 Å². The molecule has 0 aliphatic carbocycles. The van der Waals surface area contributed by atoms with Crippen molar-refractivity contribution in [2.75, 3.05) is 24.7 Å². The summed E-state index contributed by atoms with van der Waals surface area (Å²) >= 11 is 2.64. The van der Waals surface area contributed by atoms with Crippen molar-refractivity contribution >= 4 is 34.0 Å². The Balaban J connectivity index is 1.39. The minimum atomic E-state index is -0.211. The molecule has 0 radical (unpaired) electrons. The van der Waals surface area contributed by atoms with Crippen LogP contribution in [-0.2, 0) is 17.8 Å². The van der Waals surface area contributed by atoms with Crippen LogP contribution in [0.3, 0.4) is 0 Å². The molecule has 28 heavy (non-hydrogen) atoms. The molecule has 1 amide bonds. The van der Waals surface area contributed by atoms with E-state index in [0.717, 1.165) is 47.3 Å². The highest BCUT2D eigenvalue weighted by molar-refractivity contribution is 7.99. The van der Waals surface area contributed by atoms with Gasteiger partial charge in [-0.2, -0.15) is 5.26 Å². The van der Waals surface area contributed by atoms with Gasteiger partial charge in [-0.15, -0.1) is 21.5 Å². The first-order chi connectivity index (χ1) is 13.6. The van der Waals surface area contributed by atoms with Gasteiger partial charge in [-0.3, -0.25) is 9.78 Å². The van der Waals surface area contributed by atoms with Crippen LogP contribution in [0.4, 0.5) is 5.00 Å². The highest BCUT2D eigenvalue weighted by Crippen LogP contribution is 2.36. The number of aromatic nitrogens is 3. The zero-order valence-electron chi connectivity index (χ0n) is 15.0. The van der Waals surface area contributed by atoms with Gasteiger partial charge in [0, 0.05) is 35.9 Å². The average molecular weight is 413 g/mol. The summed E-state index contributed by atoms with van der Waals surface area (Å²) in [5.74, 6) is 0.287. The van der Waals surface area contributed by atoms with Crippen molar-refractivity contribution in [3.05, 3.63) is 40.5 Å². The molecule has 4 rings (SSSR count). The number of carbonyl (C=O) groups excluding carboxylic acids is 1. The summed E-state index contributed by atoms with van der Waals surface area (Å²) in [4.78, 5) is 19.7. The molecule has 3 aromatic heterocycles. The standard InChI is InChI=1S/C18H16N6O2S2/c1-24-7-4-12-13(8-19)17(28-14(12)9-24)21-15(25)10-27-18-23-22-16(26-18)11-2-5-20-6-3-11/h2-3,5-6H,4,7,9-10H2,1H3,(H,21,25). The number of rotatable bonds is 5. The highest BCUT2D eigenvalue weighted by atomic mass is 32.2. The number of thiophene rings is 1. The van der Waals surface area contributed by atoms with Crippen molar-refractivity contribution in [3.8, 4) is 17.5 Å². The molecule has 0 saturated carbocycles. The van der Waals surface area contributed by atoms with Crippen molar-refractivity contribution in [3.63, 3.8) is 0 Å². The van der Waals surface area contributed by atoms with Gasteiger partial charge in [-0.1, -0.05) is 11.8 Å². The molecule has 4 heterocycles. The van der Waals surface area contributed by atoms with Crippen molar-refractivity contribution in [1.82, 2.24) is 20.1 Å². The maximum Gasteiger partial charge on any atom is 0.277 e. The van der Waals surface area contributed by atoms with Crippen molar-refractivity contribution in [2.45, 2.75) is 18.2 Å². The first-order valence-electron chi connectivity index (χ1n) is 8.53. The lowest BCUT2D eigenvalue weighted by atomic mass is 10.0. The average Bonchev–Trinajstić information content (AvgIpc) is 3.31. The maximum absolute atomic E-state index is 12.4. The third-order valence-corrected chi connectivity index (χ3v) is 6.22. The second-order valence-corrected chi connectivity index (χ2v) is 8.29. The fraction of sp³-hybridized carbons (Fsp3) is 0.278. The fourth-order valence-corrected chi connectivity index (χ4v) is 4.76. The monoisotopic (exact) mass is 412 g/mol. The summed E-state index contributed by atoms with van der Waals surface area (Å²) in [5.41, 5.74) is 2.42. The number of nitrogens with one attached hydrogen (secondary N) is 1. The third kappa shape index (κ3) is 3.91. The molecule has 142 valence electrons. The SMILES string of the molecule is CN1CCc2c(sc(NC(=O)CSc3nnc(-c4ccncc4)o3)c2C#N)C1. The Labute approximate surface area is 169 Å². The molecule has 0 bridgehead atoms. The van der Waals surface area contributed by atoms with E-state index in [4.69, 9.17) is 4.42 Å². The summed E-state index contributed by atoms with van der Waals surface area (Å²) in [6.07, 6.45) is 4.12. The van der Waals surface area contributed by atoms with E-state index in [1.165, 1.54) is 11.3 Å². The summed E-state index contributed by atoms with van der Waals surface area (Å²) in [6.45, 7) is 1.72. The van der Waals surface area contributed by atoms with Crippen LogP contribution in [0.15, 0.2) is 34.2 Å². The van der Waals surface area contributed by atoms with Crippen LogP contribution in [0.5, 0.6) is 0 Å². The second-order valence-electron chi connectivity index (χ2n) is 6.25. The molecule has 1 aliphatic heterocycles. The topological polar surface area (TPSA) is 108 Å². The van der Waals surface area contributed by atoms with Crippen molar-refractivity contribution < 1.29 is 9.21 Å². The van der Waals surface area contributed by atoms with E-state index in [9.17, 15) is 10.1 Å². The van der Waals surface area contributed by atoms with E-state index >= 15 is 0 Å². The zero-order valence-corrected chi connectivity index (χ0v) is 16.6. The van der Waals surface area contributed by atoms with Crippen molar-refractivity contribution in [2.24, 2.45) is 0 Å². The van der Waals surface area contributed by atoms with E-state index in [1.807, 2.05) is 7.05 Å². The van der Waals surface area contributed by atoms with Crippen LogP contribution in [-0.4, -0.2) is 45.3 Å². The van der Waals surface area contributed by atoms with E-state index in [2.05, 4.69) is 31.5 Å². The summed E-state index contributed by atoms with van der Waals surface area (Å²) in [6, 6.07) is 5.79. The smallest absolute Gasteiger partial charge is 0.277 e. The highest BCUT2D eigenvalue weighted by Gasteiger charge is 2.24. The van der Waals surface area contributed by atoms with E-state index < -0.39 is 0 Å². The quantitative estimate of drug-likeness (QED) is 0.637. The van der Waals surface area contributed by atoms with Gasteiger partial charge in [0.15, 0.2) is 0 Å². The van der Waals surface area contributed by atoms with Gasteiger partial charge in [0.1, 0.15) is 11.1 Å². The Kier molecular flexibility index (Phi) is 5.38. The first-order valence-corrected chi connectivity index (χ1v) is 10.3. The van der Waals surface area contributed by atoms with E-state index in [-0.39, 0.29) is 11.7 Å². The number of thioether (sulfide) groups is 1. The van der Waals surface area contributed by atoms with Crippen molar-refractivity contribution in [1.29, 1.82) is 5.26 Å². The van der Waals surface area contributed by atoms with Crippen LogP contribution < -0.4 is 5.32 Å². The van der Waals surface area contributed by atoms with Gasteiger partial charge in [0.2, 0.25) is 11.8 Å². The zero-order chi connectivity index (χ0) is 19.5. The lowest BCUT2D eigenvalue weighted by Gasteiger charge is -2.21. The van der Waals surface area contributed by atoms with Crippen LogP contribution in [0.2, 0.25) is 0 Å². The molecule has 1 N–H and O–H groups in total. The Morgan fingerprint density at radius 2 is 2.25 bits per heavy atom. The Morgan fingerprint density at radius 3 is 3.04 bits per heavy atom. The summed E-state index contributed by atoms with van der Waals surface area (Å²) in [7, 11) is 2.05. The number of carbonyl (C=O) groups is 1. The van der Waals surface area contributed by atoms with Crippen LogP contribution >= 0.6 is 23.1 Å². The number of hydrogen-bond acceptors (Lipinski definition) is 9. The number of nitrogens with zero attached hydrogens (tertiary/aromatic N) is 5. The lowest BCUT2D eigenvalue weighted by molar-refractivity contribution is -0.113. The predicted molar refractivity (Wildman–Crippen MR) is 106 cm³/mol. The molecule has 0 aromatic carbocycles. The Bertz CT molecular complexity index is 1040. The third-order valence-electron chi connectivity index (χ3n) is 4.27. The predicted octanol–water partition coefficient (Wildman–Crippen LogP) is 2.78. The van der Waals surface area contributed by atoms with Gasteiger partial charge < -0.3 is 14.6 Å². The number of amides is 1. The number of nitriles is 1. The number of anilines is 1. The molecule has 0 atom stereocenters. The maximum atomic E-state index is 12.4. The lowest BCUT2D eigenvalue weighted by Crippen LogP contribution is -2.25. The molecule has 3 aromatic rings. The van der Waals surface area contributed by atoms with E-state index in [0.29, 0.717) is 21.7 Å². The van der Waals surface area contributed by atoms with E-state index in [1.54, 1.807) is 24.5 Å². The van der Waals surface area contributed by atoms with Gasteiger partial charge in [-0.25, -0.2) is 0 Å². The van der Waals surface area contributed by atoms with Crippen LogP contribution in [0.25, 0.3) is 11.5 Å². The minimum Gasteiger partial charge on any atom is -0.411 e. The second kappa shape index (κ2) is 8.10. The first kappa shape index (κ1) is 18.6. The molecule has 0 saturated heterocycles. The summed E-state index contributed by atoms with van der Waals surface area (Å²) < 4.78 is 5.57. The Hall–Kier alpha value is -2.74. The molecule has 0 unspecified atom stereocenters. The molecule has 0 spiro atoms. The largest absolute Gasteiger partial charge is 0.411 e. The molecule has 8 nitrogen and oxygen atoms in total. The molecular formula is C18H16N6O2S2. The van der Waals surface area contributed by atoms with Gasteiger partial charge in [0.25, 0.3) is 5.22 Å². The number of likely N-dealkylation sites (N-methyl/N-ethyl adjacent to an activating group) is 1. The number of pyridine rings is 1. The molecule has 1 aliphatic rings. The molecular weight excluding hydrogens is 396 g/mol. The van der Waals surface area contributed by atoms with Gasteiger partial charge in [0.05, 0.1) is 11.3 Å². The Morgan fingerprint density at radius 1 is 1.43 bits per heavy atom. The fourth-order valence-electron chi connectivity index (χ4n) is 2.91. The van der Waals surface area contributed by atoms with Gasteiger partial charge in [-0.05, 0) is 31.2 Å².